The van der Waals surface area contributed by atoms with E-state index in [1.54, 1.807) is 0 Å². The molecule has 0 heterocycles. The number of nitriles is 1. The van der Waals surface area contributed by atoms with Gasteiger partial charge in [0.15, 0.2) is 6.54 Å². The van der Waals surface area contributed by atoms with E-state index < -0.39 is 0 Å². The molecule has 0 bridgehead atoms. The first kappa shape index (κ1) is 15.0. The highest BCUT2D eigenvalue weighted by atomic mass is 16.1. The van der Waals surface area contributed by atoms with Gasteiger partial charge in [-0.25, -0.2) is 0 Å². The van der Waals surface area contributed by atoms with Crippen molar-refractivity contribution in [2.24, 2.45) is 0 Å². The molecule has 1 atom stereocenters. The number of hydrogen-bond donors (Lipinski definition) is 0. The Morgan fingerprint density at radius 1 is 1.05 bits per heavy atom. The van der Waals surface area contributed by atoms with Crippen molar-refractivity contribution >= 4 is 11.5 Å². The third-order valence-electron chi connectivity index (χ3n) is 3.82. The maximum Gasteiger partial charge on any atom is 0.217 e. The molecule has 2 aromatic carbocycles. The highest BCUT2D eigenvalue weighted by Crippen LogP contribution is 2.23. The fourth-order valence-electron chi connectivity index (χ4n) is 2.51. The molecule has 0 aliphatic rings. The number of para-hydroxylation sites is 1. The summed E-state index contributed by atoms with van der Waals surface area (Å²) in [5.74, 6) is 0.0663. The van der Waals surface area contributed by atoms with E-state index in [-0.39, 0.29) is 5.78 Å². The number of Topliss-reactive ketones (excluding diaryl/α,β-unsaturated/α-hetero) is 1. The normalized spacial score (nSPS) is 13.1. The van der Waals surface area contributed by atoms with Crippen LogP contribution in [-0.4, -0.2) is 25.4 Å². The summed E-state index contributed by atoms with van der Waals surface area (Å²) in [4.78, 5) is 12.5. The second-order valence-corrected chi connectivity index (χ2v) is 5.06. The van der Waals surface area contributed by atoms with Gasteiger partial charge in [-0.15, -0.1) is 0 Å². The third-order valence-corrected chi connectivity index (χ3v) is 3.82. The summed E-state index contributed by atoms with van der Waals surface area (Å²) >= 11 is 0. The van der Waals surface area contributed by atoms with Gasteiger partial charge in [0, 0.05) is 5.56 Å². The van der Waals surface area contributed by atoms with E-state index in [0.29, 0.717) is 29.7 Å². The smallest absolute Gasteiger partial charge is 0.217 e. The second-order valence-electron chi connectivity index (χ2n) is 5.06. The van der Waals surface area contributed by atoms with Crippen molar-refractivity contribution in [3.05, 3.63) is 66.2 Å². The zero-order valence-electron chi connectivity index (χ0n) is 12.2. The Balaban J connectivity index is 2.34. The Kier molecular flexibility index (Phi) is 4.86. The van der Waals surface area contributed by atoms with Gasteiger partial charge in [-0.2, -0.15) is 5.26 Å². The first-order valence-electron chi connectivity index (χ1n) is 7.09. The molecule has 1 unspecified atom stereocenters. The van der Waals surface area contributed by atoms with Crippen LogP contribution in [0, 0.1) is 11.3 Å². The quantitative estimate of drug-likeness (QED) is 0.462. The van der Waals surface area contributed by atoms with Gasteiger partial charge >= 0.3 is 0 Å². The molecule has 0 spiro atoms. The van der Waals surface area contributed by atoms with Crippen LogP contribution in [0.2, 0.25) is 0 Å². The van der Waals surface area contributed by atoms with Crippen LogP contribution < -0.4 is 4.48 Å². The van der Waals surface area contributed by atoms with Gasteiger partial charge in [0.2, 0.25) is 5.78 Å². The lowest BCUT2D eigenvalue weighted by Crippen LogP contribution is -2.52. The lowest BCUT2D eigenvalue weighted by Gasteiger charge is -2.34. The highest BCUT2D eigenvalue weighted by Gasteiger charge is 2.31. The average Bonchev–Trinajstić information content (AvgIpc) is 2.56. The largest absolute Gasteiger partial charge is 0.288 e. The van der Waals surface area contributed by atoms with E-state index in [4.69, 9.17) is 0 Å². The predicted molar refractivity (Wildman–Crippen MR) is 84.9 cm³/mol. The van der Waals surface area contributed by atoms with Crippen LogP contribution in [0.3, 0.4) is 0 Å². The molecule has 0 radical (unpaired) electrons. The van der Waals surface area contributed by atoms with Gasteiger partial charge in [0.1, 0.15) is 18.3 Å². The van der Waals surface area contributed by atoms with Crippen molar-refractivity contribution in [1.29, 1.82) is 5.26 Å². The average molecular weight is 279 g/mol. The maximum atomic E-state index is 12.5. The molecule has 0 aliphatic heterocycles. The molecule has 0 N–H and O–H groups in total. The molecule has 0 aromatic heterocycles. The molecular weight excluding hydrogens is 260 g/mol. The predicted octanol–water partition coefficient (Wildman–Crippen LogP) is 3.42. The van der Waals surface area contributed by atoms with Crippen molar-refractivity contribution in [3.8, 4) is 6.07 Å². The number of nitrogens with zero attached hydrogens (tertiary/aromatic N) is 2. The van der Waals surface area contributed by atoms with E-state index in [2.05, 4.69) is 6.07 Å². The number of rotatable bonds is 6. The number of hydrogen-bond acceptors (Lipinski definition) is 2. The third kappa shape index (κ3) is 3.36. The molecular formula is C18H19N2O+. The number of ketones is 1. The molecule has 0 fully saturated rings. The van der Waals surface area contributed by atoms with Crippen LogP contribution in [0.1, 0.15) is 17.3 Å². The minimum absolute atomic E-state index is 0.0663. The van der Waals surface area contributed by atoms with Crippen LogP contribution in [0.5, 0.6) is 0 Å². The van der Waals surface area contributed by atoms with Crippen molar-refractivity contribution in [2.75, 3.05) is 19.6 Å². The Hall–Kier alpha value is -2.44. The van der Waals surface area contributed by atoms with Crippen LogP contribution in [0.4, 0.5) is 5.69 Å². The van der Waals surface area contributed by atoms with E-state index in [9.17, 15) is 10.1 Å². The zero-order valence-corrected chi connectivity index (χ0v) is 12.2. The lowest BCUT2D eigenvalue weighted by molar-refractivity contribution is 0.0944. The van der Waals surface area contributed by atoms with E-state index in [1.165, 1.54) is 0 Å². The minimum atomic E-state index is 0.0663. The zero-order chi connectivity index (χ0) is 15.1. The Morgan fingerprint density at radius 2 is 1.62 bits per heavy atom. The van der Waals surface area contributed by atoms with Crippen LogP contribution >= 0.6 is 0 Å². The fourth-order valence-corrected chi connectivity index (χ4v) is 2.51. The first-order valence-corrected chi connectivity index (χ1v) is 7.09. The van der Waals surface area contributed by atoms with Crippen LogP contribution in [-0.2, 0) is 0 Å². The standard InChI is InChI=1S/C18H19N2O/c1-2-20(14-13-19,17-11-7-4-8-12-17)15-18(21)16-9-5-3-6-10-16/h3-12H,2,14-15H2,1H3/q+1. The van der Waals surface area contributed by atoms with Gasteiger partial charge < -0.3 is 0 Å². The summed E-state index contributed by atoms with van der Waals surface area (Å²) in [7, 11) is 0. The number of carbonyl (C=O) groups excluding carboxylic acids is 1. The molecule has 0 aliphatic carbocycles. The lowest BCUT2D eigenvalue weighted by atomic mass is 10.1. The van der Waals surface area contributed by atoms with E-state index in [0.717, 1.165) is 5.69 Å². The topological polar surface area (TPSA) is 40.9 Å². The van der Waals surface area contributed by atoms with Crippen molar-refractivity contribution < 1.29 is 4.79 Å². The molecule has 0 saturated heterocycles. The second kappa shape index (κ2) is 6.83. The molecule has 0 amide bonds. The van der Waals surface area contributed by atoms with Gasteiger partial charge in [0.25, 0.3) is 0 Å². The summed E-state index contributed by atoms with van der Waals surface area (Å²) in [5, 5.41) is 9.20. The summed E-state index contributed by atoms with van der Waals surface area (Å²) in [6.45, 7) is 3.32. The van der Waals surface area contributed by atoms with Gasteiger partial charge in [-0.3, -0.25) is 9.28 Å². The number of carbonyl (C=O) groups is 1. The fraction of sp³-hybridized carbons (Fsp3) is 0.222. The van der Waals surface area contributed by atoms with Crippen molar-refractivity contribution in [1.82, 2.24) is 4.48 Å². The Bertz CT molecular complexity index is 631. The molecule has 3 heteroatoms. The molecule has 0 saturated carbocycles. The Morgan fingerprint density at radius 3 is 2.14 bits per heavy atom. The van der Waals surface area contributed by atoms with E-state index in [1.807, 2.05) is 67.6 Å². The monoisotopic (exact) mass is 279 g/mol. The summed E-state index contributed by atoms with van der Waals surface area (Å²) < 4.78 is 0.366. The van der Waals surface area contributed by atoms with E-state index >= 15 is 0 Å². The summed E-state index contributed by atoms with van der Waals surface area (Å²) in [5.41, 5.74) is 1.70. The molecule has 106 valence electrons. The van der Waals surface area contributed by atoms with Gasteiger partial charge in [-0.1, -0.05) is 48.5 Å². The van der Waals surface area contributed by atoms with Crippen molar-refractivity contribution in [3.63, 3.8) is 0 Å². The van der Waals surface area contributed by atoms with Crippen molar-refractivity contribution in [2.45, 2.75) is 6.92 Å². The number of quaternary nitrogens is 1. The summed E-state index contributed by atoms with van der Waals surface area (Å²) in [6.07, 6.45) is 0. The van der Waals surface area contributed by atoms with Crippen LogP contribution in [0.15, 0.2) is 60.7 Å². The minimum Gasteiger partial charge on any atom is -0.288 e. The number of benzene rings is 2. The SMILES string of the molecule is CC[N+](CC#N)(CC(=O)c1ccccc1)c1ccccc1. The molecule has 2 aromatic rings. The first-order chi connectivity index (χ1) is 10.2. The van der Waals surface area contributed by atoms with Gasteiger partial charge in [-0.05, 0) is 19.1 Å². The van der Waals surface area contributed by atoms with Crippen LogP contribution in [0.25, 0.3) is 0 Å². The highest BCUT2D eigenvalue weighted by molar-refractivity contribution is 5.98. The molecule has 3 nitrogen and oxygen atoms in total. The van der Waals surface area contributed by atoms with Gasteiger partial charge in [0.05, 0.1) is 6.54 Å². The Labute approximate surface area is 125 Å². The number of likely N-dealkylation sites (N-methyl/N-ethyl adjacent to an activating group) is 1. The summed E-state index contributed by atoms with van der Waals surface area (Å²) in [6, 6.07) is 21.3. The molecule has 21 heavy (non-hydrogen) atoms. The maximum absolute atomic E-state index is 12.5. The molecule has 2 rings (SSSR count).